The average molecular weight is 291 g/mol. The molecule has 0 spiro atoms. The van der Waals surface area contributed by atoms with Gasteiger partial charge in [0.2, 0.25) is 0 Å². The highest BCUT2D eigenvalue weighted by Crippen LogP contribution is 2.27. The number of hydrogen-bond donors (Lipinski definition) is 2. The van der Waals surface area contributed by atoms with Gasteiger partial charge in [0.15, 0.2) is 5.60 Å². The minimum Gasteiger partial charge on any atom is -0.508 e. The maximum Gasteiger partial charge on any atom is 0.339 e. The zero-order chi connectivity index (χ0) is 14.9. The van der Waals surface area contributed by atoms with E-state index in [9.17, 15) is 15.0 Å². The number of nitrogens with zero attached hydrogens (tertiary/aromatic N) is 1. The van der Waals surface area contributed by atoms with E-state index in [-0.39, 0.29) is 5.75 Å². The third-order valence-corrected chi connectivity index (χ3v) is 4.44. The van der Waals surface area contributed by atoms with Gasteiger partial charge in [-0.05, 0) is 43.0 Å². The van der Waals surface area contributed by atoms with Gasteiger partial charge in [-0.1, -0.05) is 12.1 Å². The zero-order valence-electron chi connectivity index (χ0n) is 12.0. The Morgan fingerprint density at radius 2 is 2.10 bits per heavy atom. The number of β-amino-alcohol motifs (C(OH)–C–C–N with tert-alkyl or cyclic N) is 1. The maximum absolute atomic E-state index is 11.6. The number of aliphatic hydroxyl groups is 1. The predicted octanol–water partition coefficient (Wildman–Crippen LogP) is 0.935. The summed E-state index contributed by atoms with van der Waals surface area (Å²) < 4.78 is 4.87. The number of cyclic esters (lactones) is 1. The lowest BCUT2D eigenvalue weighted by atomic mass is 9.98. The van der Waals surface area contributed by atoms with Gasteiger partial charge in [-0.2, -0.15) is 0 Å². The van der Waals surface area contributed by atoms with Gasteiger partial charge in [-0.15, -0.1) is 0 Å². The molecule has 0 aromatic heterocycles. The van der Waals surface area contributed by atoms with E-state index in [4.69, 9.17) is 4.74 Å². The molecule has 3 rings (SSSR count). The largest absolute Gasteiger partial charge is 0.508 e. The Bertz CT molecular complexity index is 516. The summed E-state index contributed by atoms with van der Waals surface area (Å²) in [5.41, 5.74) is -0.105. The Hall–Kier alpha value is -1.59. The van der Waals surface area contributed by atoms with Gasteiger partial charge in [0.05, 0.1) is 6.61 Å². The van der Waals surface area contributed by atoms with E-state index in [0.29, 0.717) is 25.5 Å². The van der Waals surface area contributed by atoms with E-state index in [0.717, 1.165) is 25.9 Å². The van der Waals surface area contributed by atoms with Crippen molar-refractivity contribution < 1.29 is 19.7 Å². The van der Waals surface area contributed by atoms with Crippen LogP contribution in [0.15, 0.2) is 24.3 Å². The smallest absolute Gasteiger partial charge is 0.339 e. The van der Waals surface area contributed by atoms with Gasteiger partial charge < -0.3 is 14.9 Å². The van der Waals surface area contributed by atoms with Gasteiger partial charge in [-0.25, -0.2) is 4.79 Å². The summed E-state index contributed by atoms with van der Waals surface area (Å²) in [4.78, 5) is 13.7. The molecule has 5 nitrogen and oxygen atoms in total. The Labute approximate surface area is 124 Å². The Morgan fingerprint density at radius 3 is 2.76 bits per heavy atom. The van der Waals surface area contributed by atoms with Gasteiger partial charge in [0.25, 0.3) is 0 Å². The first-order valence-corrected chi connectivity index (χ1v) is 7.45. The third kappa shape index (κ3) is 3.19. The molecule has 1 aromatic rings. The number of likely N-dealkylation sites (tertiary alicyclic amines) is 1. The fraction of sp³-hybridized carbons (Fsp3) is 0.562. The first-order chi connectivity index (χ1) is 10.0. The first-order valence-electron chi connectivity index (χ1n) is 7.45. The third-order valence-electron chi connectivity index (χ3n) is 4.44. The lowest BCUT2D eigenvalue weighted by molar-refractivity contribution is -0.154. The lowest BCUT2D eigenvalue weighted by Gasteiger charge is -2.25. The number of benzene rings is 1. The quantitative estimate of drug-likeness (QED) is 0.808. The highest BCUT2D eigenvalue weighted by atomic mass is 16.6. The Morgan fingerprint density at radius 1 is 1.33 bits per heavy atom. The summed E-state index contributed by atoms with van der Waals surface area (Å²) in [5.74, 6) is 0.328. The van der Waals surface area contributed by atoms with Crippen LogP contribution in [0.4, 0.5) is 0 Å². The van der Waals surface area contributed by atoms with Crippen molar-refractivity contribution in [2.24, 2.45) is 5.92 Å². The molecule has 2 saturated heterocycles. The van der Waals surface area contributed by atoms with E-state index in [1.54, 1.807) is 12.1 Å². The average Bonchev–Trinajstić information content (AvgIpc) is 3.01. The molecule has 0 radical (unpaired) electrons. The molecule has 2 unspecified atom stereocenters. The fourth-order valence-corrected chi connectivity index (χ4v) is 3.25. The molecule has 0 amide bonds. The van der Waals surface area contributed by atoms with Gasteiger partial charge in [0.1, 0.15) is 5.75 Å². The van der Waals surface area contributed by atoms with Crippen LogP contribution in [-0.4, -0.2) is 52.9 Å². The number of aromatic hydroxyl groups is 1. The van der Waals surface area contributed by atoms with Gasteiger partial charge >= 0.3 is 5.97 Å². The number of phenolic OH excluding ortho intramolecular Hbond substituents is 1. The second kappa shape index (κ2) is 5.66. The number of carbonyl (C=O) groups excluding carboxylic acids is 1. The second-order valence-corrected chi connectivity index (χ2v) is 6.18. The highest BCUT2D eigenvalue weighted by molar-refractivity contribution is 5.81. The molecule has 2 fully saturated rings. The molecule has 2 N–H and O–H groups in total. The van der Waals surface area contributed by atoms with E-state index in [1.165, 1.54) is 5.56 Å². The van der Waals surface area contributed by atoms with Crippen molar-refractivity contribution >= 4 is 5.97 Å². The summed E-state index contributed by atoms with van der Waals surface area (Å²) in [5, 5.41) is 19.6. The molecular weight excluding hydrogens is 270 g/mol. The second-order valence-electron chi connectivity index (χ2n) is 6.18. The van der Waals surface area contributed by atoms with E-state index in [1.807, 2.05) is 12.1 Å². The fourth-order valence-electron chi connectivity index (χ4n) is 3.25. The summed E-state index contributed by atoms with van der Waals surface area (Å²) in [6, 6.07) is 7.30. The van der Waals surface area contributed by atoms with Crippen molar-refractivity contribution in [1.29, 1.82) is 0 Å². The highest BCUT2D eigenvalue weighted by Gasteiger charge is 2.44. The summed E-state index contributed by atoms with van der Waals surface area (Å²) in [6.45, 7) is 2.48. The number of rotatable bonds is 4. The van der Waals surface area contributed by atoms with Crippen LogP contribution in [0.1, 0.15) is 18.4 Å². The van der Waals surface area contributed by atoms with Crippen molar-refractivity contribution in [2.75, 3.05) is 26.2 Å². The molecule has 2 aliphatic heterocycles. The molecule has 2 heterocycles. The molecule has 0 bridgehead atoms. The molecular formula is C16H21NO4. The summed E-state index contributed by atoms with van der Waals surface area (Å²) in [6.07, 6.45) is 2.41. The Kier molecular flexibility index (Phi) is 3.87. The molecule has 2 aliphatic rings. The normalized spacial score (nSPS) is 29.8. The molecule has 1 aromatic carbocycles. The van der Waals surface area contributed by atoms with Crippen molar-refractivity contribution in [3.63, 3.8) is 0 Å². The number of phenols is 1. The van der Waals surface area contributed by atoms with Crippen molar-refractivity contribution in [3.8, 4) is 5.75 Å². The van der Waals surface area contributed by atoms with Crippen molar-refractivity contribution in [3.05, 3.63) is 29.8 Å². The van der Waals surface area contributed by atoms with Gasteiger partial charge in [-0.3, -0.25) is 4.90 Å². The van der Waals surface area contributed by atoms with Crippen molar-refractivity contribution in [1.82, 2.24) is 4.90 Å². The van der Waals surface area contributed by atoms with Crippen LogP contribution in [0.5, 0.6) is 5.75 Å². The summed E-state index contributed by atoms with van der Waals surface area (Å²) in [7, 11) is 0. The van der Waals surface area contributed by atoms with E-state index < -0.39 is 11.6 Å². The minimum absolute atomic E-state index is 0.286. The predicted molar refractivity (Wildman–Crippen MR) is 76.9 cm³/mol. The van der Waals surface area contributed by atoms with Crippen LogP contribution in [0.25, 0.3) is 0 Å². The zero-order valence-corrected chi connectivity index (χ0v) is 12.0. The minimum atomic E-state index is -1.31. The SMILES string of the molecule is O=C1OCCC1(O)CN1CCC(Cc2ccc(O)cc2)C1. The van der Waals surface area contributed by atoms with Gasteiger partial charge in [0, 0.05) is 19.5 Å². The number of esters is 1. The van der Waals surface area contributed by atoms with Crippen LogP contribution in [-0.2, 0) is 16.0 Å². The van der Waals surface area contributed by atoms with Crippen LogP contribution in [0.2, 0.25) is 0 Å². The summed E-state index contributed by atoms with van der Waals surface area (Å²) >= 11 is 0. The molecule has 5 heteroatoms. The van der Waals surface area contributed by atoms with Crippen LogP contribution in [0, 0.1) is 5.92 Å². The van der Waals surface area contributed by atoms with Crippen LogP contribution in [0.3, 0.4) is 0 Å². The number of carbonyl (C=O) groups is 1. The lowest BCUT2D eigenvalue weighted by Crippen LogP contribution is -2.45. The van der Waals surface area contributed by atoms with E-state index >= 15 is 0 Å². The topological polar surface area (TPSA) is 70.0 Å². The number of hydrogen-bond acceptors (Lipinski definition) is 5. The van der Waals surface area contributed by atoms with Crippen LogP contribution >= 0.6 is 0 Å². The molecule has 0 saturated carbocycles. The van der Waals surface area contributed by atoms with Crippen molar-refractivity contribution in [2.45, 2.75) is 24.9 Å². The maximum atomic E-state index is 11.6. The monoisotopic (exact) mass is 291 g/mol. The molecule has 0 aliphatic carbocycles. The molecule has 2 atom stereocenters. The Balaban J connectivity index is 1.53. The molecule has 114 valence electrons. The number of ether oxygens (including phenoxy) is 1. The molecule has 21 heavy (non-hydrogen) atoms. The standard InChI is InChI=1S/C16H21NO4/c18-14-3-1-12(2-4-14)9-13-5-7-17(10-13)11-16(20)6-8-21-15(16)19/h1-4,13,18,20H,5-11H2. The van der Waals surface area contributed by atoms with Crippen LogP contribution < -0.4 is 0 Å². The van der Waals surface area contributed by atoms with E-state index in [2.05, 4.69) is 4.90 Å². The first kappa shape index (κ1) is 14.4.